The Bertz CT molecular complexity index is 614. The Labute approximate surface area is 112 Å². The molecule has 1 aromatic carbocycles. The number of aromatic nitrogens is 1. The van der Waals surface area contributed by atoms with Crippen molar-refractivity contribution < 1.29 is 4.79 Å². The quantitative estimate of drug-likeness (QED) is 0.879. The van der Waals surface area contributed by atoms with E-state index in [2.05, 4.69) is 10.3 Å². The Morgan fingerprint density at radius 3 is 2.84 bits per heavy atom. The van der Waals surface area contributed by atoms with Crippen molar-refractivity contribution in [2.45, 2.75) is 24.8 Å². The summed E-state index contributed by atoms with van der Waals surface area (Å²) in [5, 5.41) is 3.90. The molecule has 3 N–H and O–H groups in total. The lowest BCUT2D eigenvalue weighted by molar-refractivity contribution is 0.0931. The highest BCUT2D eigenvalue weighted by atomic mass is 16.1. The van der Waals surface area contributed by atoms with Gasteiger partial charge in [-0.3, -0.25) is 9.78 Å². The first kappa shape index (κ1) is 12.1. The lowest BCUT2D eigenvalue weighted by atomic mass is 9.78. The van der Waals surface area contributed by atoms with Gasteiger partial charge in [-0.2, -0.15) is 0 Å². The Kier molecular flexibility index (Phi) is 2.95. The lowest BCUT2D eigenvalue weighted by Gasteiger charge is -2.38. The van der Waals surface area contributed by atoms with Crippen LogP contribution in [0, 0.1) is 0 Å². The SMILES string of the molecule is NC1(CNC(=O)c2cccc3cccnc23)CCC1. The van der Waals surface area contributed by atoms with Crippen molar-refractivity contribution in [2.75, 3.05) is 6.54 Å². The zero-order chi connectivity index (χ0) is 13.3. The standard InChI is InChI=1S/C15H17N3O/c16-15(7-3-8-15)10-18-14(19)12-6-1-4-11-5-2-9-17-13(11)12/h1-2,4-6,9H,3,7-8,10,16H2,(H,18,19). The number of carbonyl (C=O) groups excluding carboxylic acids is 1. The van der Waals surface area contributed by atoms with Gasteiger partial charge in [0.1, 0.15) is 0 Å². The highest BCUT2D eigenvalue weighted by Crippen LogP contribution is 2.28. The van der Waals surface area contributed by atoms with Gasteiger partial charge in [-0.05, 0) is 31.4 Å². The molecule has 98 valence electrons. The van der Waals surface area contributed by atoms with Gasteiger partial charge in [0.2, 0.25) is 0 Å². The normalized spacial score (nSPS) is 16.9. The molecule has 0 aliphatic heterocycles. The molecule has 0 atom stereocenters. The maximum atomic E-state index is 12.2. The summed E-state index contributed by atoms with van der Waals surface area (Å²) in [4.78, 5) is 16.5. The smallest absolute Gasteiger partial charge is 0.253 e. The van der Waals surface area contributed by atoms with Gasteiger partial charge in [0.25, 0.3) is 5.91 Å². The Balaban J connectivity index is 1.81. The van der Waals surface area contributed by atoms with E-state index in [4.69, 9.17) is 5.73 Å². The number of nitrogens with zero attached hydrogens (tertiary/aromatic N) is 1. The number of para-hydroxylation sites is 1. The molecule has 0 saturated heterocycles. The summed E-state index contributed by atoms with van der Waals surface area (Å²) >= 11 is 0. The van der Waals surface area contributed by atoms with E-state index < -0.39 is 0 Å². The number of nitrogens with one attached hydrogen (secondary N) is 1. The molecule has 1 aliphatic carbocycles. The minimum Gasteiger partial charge on any atom is -0.350 e. The Morgan fingerprint density at radius 1 is 1.32 bits per heavy atom. The molecule has 1 saturated carbocycles. The van der Waals surface area contributed by atoms with Crippen molar-refractivity contribution in [3.63, 3.8) is 0 Å². The van der Waals surface area contributed by atoms with E-state index in [-0.39, 0.29) is 11.4 Å². The molecule has 4 heteroatoms. The van der Waals surface area contributed by atoms with Crippen molar-refractivity contribution in [1.82, 2.24) is 10.3 Å². The summed E-state index contributed by atoms with van der Waals surface area (Å²) in [6.07, 6.45) is 4.83. The number of rotatable bonds is 3. The summed E-state index contributed by atoms with van der Waals surface area (Å²) in [6, 6.07) is 9.45. The van der Waals surface area contributed by atoms with Crippen molar-refractivity contribution in [3.8, 4) is 0 Å². The van der Waals surface area contributed by atoms with Crippen LogP contribution in [0.3, 0.4) is 0 Å². The van der Waals surface area contributed by atoms with E-state index in [1.807, 2.05) is 24.3 Å². The van der Waals surface area contributed by atoms with Crippen LogP contribution in [0.1, 0.15) is 29.6 Å². The average Bonchev–Trinajstić information content (AvgIpc) is 2.42. The number of amides is 1. The third-order valence-corrected chi connectivity index (χ3v) is 3.83. The molecule has 1 heterocycles. The molecule has 0 spiro atoms. The van der Waals surface area contributed by atoms with Crippen molar-refractivity contribution in [1.29, 1.82) is 0 Å². The summed E-state index contributed by atoms with van der Waals surface area (Å²) in [5.74, 6) is -0.0963. The highest BCUT2D eigenvalue weighted by molar-refractivity contribution is 6.05. The highest BCUT2D eigenvalue weighted by Gasteiger charge is 2.32. The van der Waals surface area contributed by atoms with Gasteiger partial charge in [-0.1, -0.05) is 18.2 Å². The predicted molar refractivity (Wildman–Crippen MR) is 74.8 cm³/mol. The molecule has 1 aromatic heterocycles. The van der Waals surface area contributed by atoms with Crippen LogP contribution in [-0.2, 0) is 0 Å². The van der Waals surface area contributed by atoms with Crippen LogP contribution in [0.2, 0.25) is 0 Å². The van der Waals surface area contributed by atoms with E-state index in [9.17, 15) is 4.79 Å². The molecule has 19 heavy (non-hydrogen) atoms. The number of pyridine rings is 1. The van der Waals surface area contributed by atoms with Crippen LogP contribution in [0.4, 0.5) is 0 Å². The molecular formula is C15H17N3O. The molecule has 1 fully saturated rings. The summed E-state index contributed by atoms with van der Waals surface area (Å²) in [7, 11) is 0. The van der Waals surface area contributed by atoms with Gasteiger partial charge >= 0.3 is 0 Å². The Morgan fingerprint density at radius 2 is 2.11 bits per heavy atom. The van der Waals surface area contributed by atoms with Crippen LogP contribution in [0.15, 0.2) is 36.5 Å². The van der Waals surface area contributed by atoms with Gasteiger partial charge < -0.3 is 11.1 Å². The van der Waals surface area contributed by atoms with Gasteiger partial charge in [0, 0.05) is 23.7 Å². The molecule has 1 aliphatic rings. The zero-order valence-electron chi connectivity index (χ0n) is 10.7. The van der Waals surface area contributed by atoms with E-state index in [0.29, 0.717) is 12.1 Å². The molecule has 3 rings (SSSR count). The maximum absolute atomic E-state index is 12.2. The van der Waals surface area contributed by atoms with Crippen molar-refractivity contribution in [2.24, 2.45) is 5.73 Å². The lowest BCUT2D eigenvalue weighted by Crippen LogP contribution is -2.54. The Hall–Kier alpha value is -1.94. The van der Waals surface area contributed by atoms with E-state index in [1.54, 1.807) is 12.3 Å². The van der Waals surface area contributed by atoms with Crippen molar-refractivity contribution in [3.05, 3.63) is 42.1 Å². The van der Waals surface area contributed by atoms with Crippen LogP contribution in [0.5, 0.6) is 0 Å². The first-order chi connectivity index (χ1) is 9.18. The number of hydrogen-bond donors (Lipinski definition) is 2. The minimum absolute atomic E-state index is 0.0963. The second kappa shape index (κ2) is 4.63. The van der Waals surface area contributed by atoms with Crippen LogP contribution in [0.25, 0.3) is 10.9 Å². The molecule has 0 bridgehead atoms. The molecule has 2 aromatic rings. The third kappa shape index (κ3) is 2.31. The predicted octanol–water partition coefficient (Wildman–Crippen LogP) is 1.85. The third-order valence-electron chi connectivity index (χ3n) is 3.83. The van der Waals surface area contributed by atoms with Gasteiger partial charge in [0.05, 0.1) is 11.1 Å². The monoisotopic (exact) mass is 255 g/mol. The first-order valence-electron chi connectivity index (χ1n) is 6.59. The second-order valence-corrected chi connectivity index (χ2v) is 5.28. The van der Waals surface area contributed by atoms with Gasteiger partial charge in [-0.15, -0.1) is 0 Å². The fourth-order valence-corrected chi connectivity index (χ4v) is 2.45. The van der Waals surface area contributed by atoms with Crippen molar-refractivity contribution >= 4 is 16.8 Å². The molecular weight excluding hydrogens is 238 g/mol. The van der Waals surface area contributed by atoms with Crippen LogP contribution in [-0.4, -0.2) is 23.0 Å². The van der Waals surface area contributed by atoms with Gasteiger partial charge in [-0.25, -0.2) is 0 Å². The second-order valence-electron chi connectivity index (χ2n) is 5.28. The fraction of sp³-hybridized carbons (Fsp3) is 0.333. The van der Waals surface area contributed by atoms with Crippen LogP contribution < -0.4 is 11.1 Å². The van der Waals surface area contributed by atoms with E-state index in [1.165, 1.54) is 0 Å². The number of nitrogens with two attached hydrogens (primary N) is 1. The topological polar surface area (TPSA) is 68.0 Å². The largest absolute Gasteiger partial charge is 0.350 e. The summed E-state index contributed by atoms with van der Waals surface area (Å²) in [6.45, 7) is 0.537. The van der Waals surface area contributed by atoms with E-state index >= 15 is 0 Å². The van der Waals surface area contributed by atoms with E-state index in [0.717, 1.165) is 30.2 Å². The molecule has 0 unspecified atom stereocenters. The number of carbonyl (C=O) groups is 1. The number of fused-ring (bicyclic) bond motifs is 1. The number of hydrogen-bond acceptors (Lipinski definition) is 3. The molecule has 4 nitrogen and oxygen atoms in total. The maximum Gasteiger partial charge on any atom is 0.253 e. The number of benzene rings is 1. The minimum atomic E-state index is -0.201. The van der Waals surface area contributed by atoms with Gasteiger partial charge in [0.15, 0.2) is 0 Å². The molecule has 1 amide bonds. The average molecular weight is 255 g/mol. The fourth-order valence-electron chi connectivity index (χ4n) is 2.45. The first-order valence-corrected chi connectivity index (χ1v) is 6.59. The summed E-state index contributed by atoms with van der Waals surface area (Å²) in [5.41, 5.74) is 7.26. The molecule has 0 radical (unpaired) electrons. The summed E-state index contributed by atoms with van der Waals surface area (Å²) < 4.78 is 0. The van der Waals surface area contributed by atoms with Crippen LogP contribution >= 0.6 is 0 Å². The zero-order valence-corrected chi connectivity index (χ0v) is 10.7.